The minimum Gasteiger partial charge on any atom is -0.330 e. The Labute approximate surface area is 86.4 Å². The van der Waals surface area contributed by atoms with Gasteiger partial charge in [-0.05, 0) is 74.3 Å². The normalized spacial score (nSPS) is 55.3. The van der Waals surface area contributed by atoms with Gasteiger partial charge >= 0.3 is 0 Å². The molecule has 0 aromatic rings. The molecule has 4 fully saturated rings. The Bertz CT molecular complexity index is 176. The van der Waals surface area contributed by atoms with Crippen molar-refractivity contribution in [2.75, 3.05) is 13.1 Å². The van der Waals surface area contributed by atoms with E-state index in [1.807, 2.05) is 0 Å². The number of hydrogen-bond donors (Lipinski definition) is 2. The van der Waals surface area contributed by atoms with Gasteiger partial charge in [-0.25, -0.2) is 0 Å². The SMILES string of the molecule is NCC1C2CC3CC1CC(C2)C3CN. The van der Waals surface area contributed by atoms with Crippen molar-refractivity contribution in [3.05, 3.63) is 0 Å². The molecular weight excluding hydrogens is 172 g/mol. The first-order valence-corrected chi connectivity index (χ1v) is 6.23. The maximum Gasteiger partial charge on any atom is -0.00436 e. The quantitative estimate of drug-likeness (QED) is 0.694. The molecule has 0 unspecified atom stereocenters. The predicted molar refractivity (Wildman–Crippen MR) is 57.5 cm³/mol. The average molecular weight is 194 g/mol. The van der Waals surface area contributed by atoms with E-state index in [2.05, 4.69) is 0 Å². The maximum absolute atomic E-state index is 5.90. The lowest BCUT2D eigenvalue weighted by Crippen LogP contribution is -2.53. The van der Waals surface area contributed by atoms with Gasteiger partial charge < -0.3 is 11.5 Å². The van der Waals surface area contributed by atoms with Gasteiger partial charge in [0.1, 0.15) is 0 Å². The minimum atomic E-state index is 0.862. The zero-order valence-electron chi connectivity index (χ0n) is 8.86. The maximum atomic E-state index is 5.90. The molecular formula is C12H22N2. The fourth-order valence-corrected chi connectivity index (χ4v) is 4.88. The molecule has 0 atom stereocenters. The van der Waals surface area contributed by atoms with E-state index in [1.165, 1.54) is 25.7 Å². The van der Waals surface area contributed by atoms with Gasteiger partial charge in [0.05, 0.1) is 0 Å². The van der Waals surface area contributed by atoms with Gasteiger partial charge in [0.2, 0.25) is 0 Å². The Morgan fingerprint density at radius 1 is 0.643 bits per heavy atom. The van der Waals surface area contributed by atoms with Gasteiger partial charge in [0.15, 0.2) is 0 Å². The van der Waals surface area contributed by atoms with Crippen LogP contribution in [0.2, 0.25) is 0 Å². The zero-order valence-corrected chi connectivity index (χ0v) is 8.86. The molecule has 4 saturated carbocycles. The summed E-state index contributed by atoms with van der Waals surface area (Å²) in [6, 6.07) is 0. The van der Waals surface area contributed by atoms with Crippen molar-refractivity contribution in [1.82, 2.24) is 0 Å². The summed E-state index contributed by atoms with van der Waals surface area (Å²) in [5.74, 6) is 5.58. The molecule has 0 spiro atoms. The summed E-state index contributed by atoms with van der Waals surface area (Å²) in [6.45, 7) is 1.87. The third-order valence-corrected chi connectivity index (χ3v) is 5.39. The first kappa shape index (κ1) is 9.17. The van der Waals surface area contributed by atoms with E-state index in [0.29, 0.717) is 0 Å². The van der Waals surface area contributed by atoms with E-state index in [1.54, 1.807) is 0 Å². The smallest absolute Gasteiger partial charge is 0.00436 e. The van der Waals surface area contributed by atoms with Crippen molar-refractivity contribution >= 4 is 0 Å². The first-order chi connectivity index (χ1) is 6.83. The third kappa shape index (κ3) is 1.10. The highest BCUT2D eigenvalue weighted by atomic mass is 14.7. The topological polar surface area (TPSA) is 52.0 Å². The molecule has 4 rings (SSSR count). The molecule has 0 heterocycles. The van der Waals surface area contributed by atoms with Crippen LogP contribution in [0.4, 0.5) is 0 Å². The second-order valence-corrected chi connectivity index (χ2v) is 5.78. The van der Waals surface area contributed by atoms with Gasteiger partial charge in [-0.1, -0.05) is 0 Å². The number of hydrogen-bond acceptors (Lipinski definition) is 2. The molecule has 4 aliphatic carbocycles. The van der Waals surface area contributed by atoms with Crippen molar-refractivity contribution < 1.29 is 0 Å². The molecule has 0 aromatic heterocycles. The third-order valence-electron chi connectivity index (χ3n) is 5.39. The van der Waals surface area contributed by atoms with E-state index < -0.39 is 0 Å². The van der Waals surface area contributed by atoms with E-state index in [4.69, 9.17) is 11.5 Å². The summed E-state index contributed by atoms with van der Waals surface area (Å²) < 4.78 is 0. The molecule has 0 saturated heterocycles. The molecule has 14 heavy (non-hydrogen) atoms. The summed E-state index contributed by atoms with van der Waals surface area (Å²) in [5.41, 5.74) is 11.8. The van der Waals surface area contributed by atoms with Crippen LogP contribution < -0.4 is 11.5 Å². The van der Waals surface area contributed by atoms with Crippen LogP contribution in [-0.2, 0) is 0 Å². The van der Waals surface area contributed by atoms with Crippen molar-refractivity contribution in [2.24, 2.45) is 47.0 Å². The van der Waals surface area contributed by atoms with E-state index in [-0.39, 0.29) is 0 Å². The van der Waals surface area contributed by atoms with Crippen LogP contribution in [0, 0.1) is 35.5 Å². The highest BCUT2D eigenvalue weighted by Crippen LogP contribution is 2.58. The Morgan fingerprint density at radius 3 is 1.14 bits per heavy atom. The lowest BCUT2D eigenvalue weighted by molar-refractivity contribution is -0.0734. The van der Waals surface area contributed by atoms with Crippen molar-refractivity contribution in [2.45, 2.75) is 25.7 Å². The van der Waals surface area contributed by atoms with Gasteiger partial charge in [-0.3, -0.25) is 0 Å². The zero-order chi connectivity index (χ0) is 9.71. The van der Waals surface area contributed by atoms with Gasteiger partial charge in [0, 0.05) is 0 Å². The number of rotatable bonds is 2. The van der Waals surface area contributed by atoms with Crippen LogP contribution in [0.25, 0.3) is 0 Å². The lowest BCUT2D eigenvalue weighted by atomic mass is 9.48. The monoisotopic (exact) mass is 194 g/mol. The molecule has 80 valence electrons. The summed E-state index contributed by atoms with van der Waals surface area (Å²) in [5, 5.41) is 0. The lowest BCUT2D eigenvalue weighted by Gasteiger charge is -2.58. The average Bonchev–Trinajstić information content (AvgIpc) is 2.17. The molecule has 4 bridgehead atoms. The Hall–Kier alpha value is -0.0800. The largest absolute Gasteiger partial charge is 0.330 e. The Kier molecular flexibility index (Phi) is 2.10. The fraction of sp³-hybridized carbons (Fsp3) is 1.00. The molecule has 0 amide bonds. The summed E-state index contributed by atoms with van der Waals surface area (Å²) in [7, 11) is 0. The van der Waals surface area contributed by atoms with Gasteiger partial charge in [0.25, 0.3) is 0 Å². The van der Waals surface area contributed by atoms with Crippen LogP contribution >= 0.6 is 0 Å². The second-order valence-electron chi connectivity index (χ2n) is 5.78. The van der Waals surface area contributed by atoms with Crippen molar-refractivity contribution in [3.63, 3.8) is 0 Å². The fourth-order valence-electron chi connectivity index (χ4n) is 4.88. The highest BCUT2D eigenvalue weighted by molar-refractivity contribution is 5.02. The van der Waals surface area contributed by atoms with Gasteiger partial charge in [-0.15, -0.1) is 0 Å². The molecule has 4 aliphatic rings. The van der Waals surface area contributed by atoms with Crippen molar-refractivity contribution in [1.29, 1.82) is 0 Å². The summed E-state index contributed by atoms with van der Waals surface area (Å²) >= 11 is 0. The molecule has 2 nitrogen and oxygen atoms in total. The summed E-state index contributed by atoms with van der Waals surface area (Å²) in [4.78, 5) is 0. The molecule has 0 aliphatic heterocycles. The Morgan fingerprint density at radius 2 is 0.929 bits per heavy atom. The second kappa shape index (κ2) is 3.21. The van der Waals surface area contributed by atoms with Crippen molar-refractivity contribution in [3.8, 4) is 0 Å². The molecule has 0 aromatic carbocycles. The van der Waals surface area contributed by atoms with Crippen LogP contribution in [-0.4, -0.2) is 13.1 Å². The minimum absolute atomic E-state index is 0.862. The van der Waals surface area contributed by atoms with E-state index >= 15 is 0 Å². The van der Waals surface area contributed by atoms with Crippen LogP contribution in [0.5, 0.6) is 0 Å². The van der Waals surface area contributed by atoms with Crippen LogP contribution in [0.3, 0.4) is 0 Å². The molecule has 4 N–H and O–H groups in total. The van der Waals surface area contributed by atoms with Crippen LogP contribution in [0.1, 0.15) is 25.7 Å². The van der Waals surface area contributed by atoms with E-state index in [0.717, 1.165) is 48.6 Å². The predicted octanol–water partition coefficient (Wildman–Crippen LogP) is 1.20. The van der Waals surface area contributed by atoms with E-state index in [9.17, 15) is 0 Å². The standard InChI is InChI=1S/C12H22N2/c13-5-11-7-1-8-3-10(11)4-9(2-7)12(8)6-14/h7-12H,1-6,13-14H2. The van der Waals surface area contributed by atoms with Crippen LogP contribution in [0.15, 0.2) is 0 Å². The highest BCUT2D eigenvalue weighted by Gasteiger charge is 2.51. The number of nitrogens with two attached hydrogens (primary N) is 2. The first-order valence-electron chi connectivity index (χ1n) is 6.23. The van der Waals surface area contributed by atoms with Gasteiger partial charge in [-0.2, -0.15) is 0 Å². The summed E-state index contributed by atoms with van der Waals surface area (Å²) in [6.07, 6.45) is 5.76. The molecule has 0 radical (unpaired) electrons. The Balaban J connectivity index is 1.82. The molecule has 2 heteroatoms.